The van der Waals surface area contributed by atoms with E-state index in [-0.39, 0.29) is 11.7 Å². The lowest BCUT2D eigenvalue weighted by molar-refractivity contribution is 0.0690. The lowest BCUT2D eigenvalue weighted by Crippen LogP contribution is -2.08. The number of methoxy groups -OCH3 is 1. The van der Waals surface area contributed by atoms with Gasteiger partial charge in [0, 0.05) is 12.7 Å². The van der Waals surface area contributed by atoms with Gasteiger partial charge < -0.3 is 14.6 Å². The average molecular weight is 284 g/mol. The number of aryl methyl sites for hydroxylation is 1. The van der Waals surface area contributed by atoms with Crippen molar-refractivity contribution in [3.8, 4) is 5.75 Å². The molecule has 1 aliphatic heterocycles. The van der Waals surface area contributed by atoms with Crippen molar-refractivity contribution in [1.82, 2.24) is 0 Å². The standard InChI is InChI=1S/C17H16O4/c1-10-7-13-15(20-2)12-6-4-3-5-11(12)9-21-16(13)14(8-10)17(18)19/h3-8,15H,9H2,1-2H3,(H,18,19). The summed E-state index contributed by atoms with van der Waals surface area (Å²) in [6.07, 6.45) is -0.322. The van der Waals surface area contributed by atoms with Crippen molar-refractivity contribution in [2.75, 3.05) is 7.11 Å². The van der Waals surface area contributed by atoms with Crippen LogP contribution in [0.4, 0.5) is 0 Å². The highest BCUT2D eigenvalue weighted by molar-refractivity contribution is 5.92. The van der Waals surface area contributed by atoms with Crippen LogP contribution in [0.5, 0.6) is 5.75 Å². The van der Waals surface area contributed by atoms with E-state index in [1.54, 1.807) is 13.2 Å². The molecule has 1 aliphatic rings. The minimum Gasteiger partial charge on any atom is -0.488 e. The molecule has 21 heavy (non-hydrogen) atoms. The molecule has 0 saturated heterocycles. The fourth-order valence-corrected chi connectivity index (χ4v) is 2.81. The Kier molecular flexibility index (Phi) is 3.39. The van der Waals surface area contributed by atoms with Gasteiger partial charge in [0.05, 0.1) is 0 Å². The van der Waals surface area contributed by atoms with Gasteiger partial charge in [0.1, 0.15) is 24.0 Å². The molecule has 0 amide bonds. The third-order valence-electron chi connectivity index (χ3n) is 3.72. The highest BCUT2D eigenvalue weighted by atomic mass is 16.5. The topological polar surface area (TPSA) is 55.8 Å². The second-order valence-corrected chi connectivity index (χ2v) is 5.14. The van der Waals surface area contributed by atoms with E-state index in [0.29, 0.717) is 12.4 Å². The van der Waals surface area contributed by atoms with Crippen LogP contribution in [0.3, 0.4) is 0 Å². The maximum Gasteiger partial charge on any atom is 0.339 e. The summed E-state index contributed by atoms with van der Waals surface area (Å²) in [5.41, 5.74) is 3.84. The molecule has 1 heterocycles. The summed E-state index contributed by atoms with van der Waals surface area (Å²) in [7, 11) is 1.62. The molecule has 1 N–H and O–H groups in total. The Balaban J connectivity index is 2.26. The molecule has 0 aliphatic carbocycles. The van der Waals surface area contributed by atoms with Crippen molar-refractivity contribution in [3.63, 3.8) is 0 Å². The first kappa shape index (κ1) is 13.6. The Hall–Kier alpha value is -2.33. The zero-order valence-electron chi connectivity index (χ0n) is 11.9. The van der Waals surface area contributed by atoms with Gasteiger partial charge in [0.25, 0.3) is 0 Å². The molecule has 0 radical (unpaired) electrons. The maximum atomic E-state index is 11.5. The highest BCUT2D eigenvalue weighted by Crippen LogP contribution is 2.40. The maximum absolute atomic E-state index is 11.5. The van der Waals surface area contributed by atoms with E-state index in [1.165, 1.54) is 0 Å². The number of carboxylic acid groups (broad SMARTS) is 1. The van der Waals surface area contributed by atoms with Gasteiger partial charge in [-0.15, -0.1) is 0 Å². The van der Waals surface area contributed by atoms with E-state index in [0.717, 1.165) is 22.3 Å². The number of rotatable bonds is 2. The van der Waals surface area contributed by atoms with Gasteiger partial charge in [0.2, 0.25) is 0 Å². The number of fused-ring (bicyclic) bond motifs is 2. The molecular weight excluding hydrogens is 268 g/mol. The summed E-state index contributed by atoms with van der Waals surface area (Å²) in [5.74, 6) is -0.591. The lowest BCUT2D eigenvalue weighted by Gasteiger charge is -2.19. The van der Waals surface area contributed by atoms with Crippen LogP contribution in [0.2, 0.25) is 0 Å². The van der Waals surface area contributed by atoms with Crippen molar-refractivity contribution in [2.24, 2.45) is 0 Å². The second-order valence-electron chi connectivity index (χ2n) is 5.14. The van der Waals surface area contributed by atoms with E-state index in [1.807, 2.05) is 37.3 Å². The molecule has 0 fully saturated rings. The third kappa shape index (κ3) is 2.28. The van der Waals surface area contributed by atoms with E-state index in [4.69, 9.17) is 9.47 Å². The van der Waals surface area contributed by atoms with Crippen LogP contribution in [-0.4, -0.2) is 18.2 Å². The van der Waals surface area contributed by atoms with Gasteiger partial charge in [0.15, 0.2) is 0 Å². The van der Waals surface area contributed by atoms with Crippen LogP contribution in [0.15, 0.2) is 36.4 Å². The predicted molar refractivity (Wildman–Crippen MR) is 77.8 cm³/mol. The van der Waals surface area contributed by atoms with E-state index in [2.05, 4.69) is 0 Å². The Morgan fingerprint density at radius 1 is 1.29 bits per heavy atom. The van der Waals surface area contributed by atoms with Gasteiger partial charge in [-0.2, -0.15) is 0 Å². The monoisotopic (exact) mass is 284 g/mol. The van der Waals surface area contributed by atoms with Crippen molar-refractivity contribution < 1.29 is 19.4 Å². The van der Waals surface area contributed by atoms with Crippen LogP contribution in [0.25, 0.3) is 0 Å². The molecule has 3 rings (SSSR count). The quantitative estimate of drug-likeness (QED) is 0.919. The van der Waals surface area contributed by atoms with Gasteiger partial charge in [-0.3, -0.25) is 0 Å². The normalized spacial score (nSPS) is 16.4. The smallest absolute Gasteiger partial charge is 0.339 e. The number of ether oxygens (including phenoxy) is 2. The molecule has 0 aromatic heterocycles. The van der Waals surface area contributed by atoms with Crippen LogP contribution in [0.1, 0.15) is 38.7 Å². The Morgan fingerprint density at radius 2 is 2.05 bits per heavy atom. The fraction of sp³-hybridized carbons (Fsp3) is 0.235. The molecule has 4 nitrogen and oxygen atoms in total. The summed E-state index contributed by atoms with van der Waals surface area (Å²) in [6.45, 7) is 2.21. The molecule has 108 valence electrons. The van der Waals surface area contributed by atoms with E-state index >= 15 is 0 Å². The predicted octanol–water partition coefficient (Wildman–Crippen LogP) is 3.32. The molecule has 0 bridgehead atoms. The first-order valence-corrected chi connectivity index (χ1v) is 6.73. The van der Waals surface area contributed by atoms with E-state index < -0.39 is 5.97 Å². The number of carbonyl (C=O) groups is 1. The number of hydrogen-bond acceptors (Lipinski definition) is 3. The van der Waals surface area contributed by atoms with Gasteiger partial charge in [-0.25, -0.2) is 4.79 Å². The number of carboxylic acids is 1. The Morgan fingerprint density at radius 3 is 2.76 bits per heavy atom. The molecular formula is C17H16O4. The van der Waals surface area contributed by atoms with Crippen LogP contribution in [0, 0.1) is 6.92 Å². The minimum absolute atomic E-state index is 0.180. The van der Waals surface area contributed by atoms with Gasteiger partial charge >= 0.3 is 5.97 Å². The molecule has 2 aromatic rings. The second kappa shape index (κ2) is 5.22. The largest absolute Gasteiger partial charge is 0.488 e. The molecule has 4 heteroatoms. The zero-order valence-corrected chi connectivity index (χ0v) is 11.9. The first-order valence-electron chi connectivity index (χ1n) is 6.73. The number of hydrogen-bond donors (Lipinski definition) is 1. The van der Waals surface area contributed by atoms with Crippen LogP contribution >= 0.6 is 0 Å². The molecule has 1 unspecified atom stereocenters. The minimum atomic E-state index is -0.990. The van der Waals surface area contributed by atoms with Crippen molar-refractivity contribution in [1.29, 1.82) is 0 Å². The molecule has 1 atom stereocenters. The number of benzene rings is 2. The first-order chi connectivity index (χ1) is 10.1. The van der Waals surface area contributed by atoms with Crippen LogP contribution in [-0.2, 0) is 11.3 Å². The molecule has 0 saturated carbocycles. The van der Waals surface area contributed by atoms with Crippen molar-refractivity contribution in [3.05, 3.63) is 64.2 Å². The third-order valence-corrected chi connectivity index (χ3v) is 3.72. The Bertz CT molecular complexity index is 706. The van der Waals surface area contributed by atoms with Gasteiger partial charge in [-0.1, -0.05) is 24.3 Å². The SMILES string of the molecule is COC1c2ccccc2COc2c(C(=O)O)cc(C)cc21. The highest BCUT2D eigenvalue weighted by Gasteiger charge is 2.28. The summed E-state index contributed by atoms with van der Waals surface area (Å²) in [5, 5.41) is 9.41. The summed E-state index contributed by atoms with van der Waals surface area (Å²) < 4.78 is 11.4. The van der Waals surface area contributed by atoms with Crippen LogP contribution < -0.4 is 4.74 Å². The number of aromatic carboxylic acids is 1. The van der Waals surface area contributed by atoms with E-state index in [9.17, 15) is 9.90 Å². The Labute approximate surface area is 122 Å². The average Bonchev–Trinajstić information content (AvgIpc) is 2.62. The zero-order chi connectivity index (χ0) is 15.0. The lowest BCUT2D eigenvalue weighted by atomic mass is 9.94. The molecule has 0 spiro atoms. The van der Waals surface area contributed by atoms with Gasteiger partial charge in [-0.05, 0) is 35.7 Å². The summed E-state index contributed by atoms with van der Waals surface area (Å²) >= 11 is 0. The summed E-state index contributed by atoms with van der Waals surface area (Å²) in [4.78, 5) is 11.5. The van der Waals surface area contributed by atoms with Crippen molar-refractivity contribution in [2.45, 2.75) is 19.6 Å². The summed E-state index contributed by atoms with van der Waals surface area (Å²) in [6, 6.07) is 11.4. The fourth-order valence-electron chi connectivity index (χ4n) is 2.81. The van der Waals surface area contributed by atoms with Crippen molar-refractivity contribution >= 4 is 5.97 Å². The molecule has 2 aromatic carbocycles.